The van der Waals surface area contributed by atoms with Gasteiger partial charge in [0.25, 0.3) is 0 Å². The molecule has 1 aromatic heterocycles. The summed E-state index contributed by atoms with van der Waals surface area (Å²) in [6.45, 7) is 0.495. The van der Waals surface area contributed by atoms with Crippen molar-refractivity contribution in [2.75, 3.05) is 17.2 Å². The quantitative estimate of drug-likeness (QED) is 0.699. The van der Waals surface area contributed by atoms with E-state index in [1.807, 2.05) is 35.7 Å². The first-order chi connectivity index (χ1) is 11.7. The minimum Gasteiger partial charge on any atom is -0.361 e. The van der Waals surface area contributed by atoms with Crippen LogP contribution in [0.15, 0.2) is 60.0 Å². The summed E-state index contributed by atoms with van der Waals surface area (Å²) >= 11 is 1.46. The molecule has 0 saturated heterocycles. The van der Waals surface area contributed by atoms with E-state index in [1.165, 1.54) is 23.5 Å². The molecule has 2 aromatic carbocycles. The summed E-state index contributed by atoms with van der Waals surface area (Å²) in [6, 6.07) is 15.6. The lowest BCUT2D eigenvalue weighted by atomic mass is 10.2. The van der Waals surface area contributed by atoms with Crippen LogP contribution in [0.4, 0.5) is 15.2 Å². The van der Waals surface area contributed by atoms with Crippen molar-refractivity contribution in [1.82, 2.24) is 4.98 Å². The Kier molecular flexibility index (Phi) is 5.18. The number of hydrogen-bond donors (Lipinski definition) is 2. The topological polar surface area (TPSA) is 54.0 Å². The van der Waals surface area contributed by atoms with Crippen molar-refractivity contribution in [2.24, 2.45) is 0 Å². The van der Waals surface area contributed by atoms with Gasteiger partial charge in [-0.25, -0.2) is 9.37 Å². The fraction of sp³-hybridized carbons (Fsp3) is 0.111. The molecule has 122 valence electrons. The maximum absolute atomic E-state index is 12.9. The van der Waals surface area contributed by atoms with Gasteiger partial charge in [0.05, 0.1) is 5.69 Å². The number of hydrogen-bond acceptors (Lipinski definition) is 4. The Balaban J connectivity index is 1.49. The van der Waals surface area contributed by atoms with Crippen LogP contribution in [-0.4, -0.2) is 17.4 Å². The highest BCUT2D eigenvalue weighted by molar-refractivity contribution is 7.14. The van der Waals surface area contributed by atoms with Gasteiger partial charge < -0.3 is 10.6 Å². The van der Waals surface area contributed by atoms with Crippen LogP contribution in [0.3, 0.4) is 0 Å². The minimum absolute atomic E-state index is 0.0518. The van der Waals surface area contributed by atoms with E-state index in [0.717, 1.165) is 22.1 Å². The molecule has 6 heteroatoms. The van der Waals surface area contributed by atoms with Crippen LogP contribution in [0.5, 0.6) is 0 Å². The molecule has 0 aliphatic rings. The highest BCUT2D eigenvalue weighted by atomic mass is 32.1. The van der Waals surface area contributed by atoms with Gasteiger partial charge in [0, 0.05) is 29.6 Å². The van der Waals surface area contributed by atoms with Gasteiger partial charge >= 0.3 is 0 Å². The lowest BCUT2D eigenvalue weighted by Crippen LogP contribution is -2.16. The van der Waals surface area contributed by atoms with Crippen molar-refractivity contribution < 1.29 is 9.18 Å². The Morgan fingerprint density at radius 1 is 1.08 bits per heavy atom. The van der Waals surface area contributed by atoms with Crippen molar-refractivity contribution in [3.8, 4) is 11.3 Å². The molecule has 2 N–H and O–H groups in total. The molecule has 0 spiro atoms. The standard InChI is InChI=1S/C18H16FN3OS/c19-14-8-6-13(7-9-14)16-12-24-18(22-16)20-11-10-17(23)21-15-4-2-1-3-5-15/h1-9,12H,10-11H2,(H,20,22)(H,21,23). The number of thiazole rings is 1. The number of aromatic nitrogens is 1. The number of anilines is 2. The van der Waals surface area contributed by atoms with Crippen molar-refractivity contribution >= 4 is 28.1 Å². The van der Waals surface area contributed by atoms with Gasteiger partial charge in [-0.2, -0.15) is 0 Å². The second kappa shape index (κ2) is 7.70. The average Bonchev–Trinajstić information content (AvgIpc) is 3.05. The molecule has 1 heterocycles. The smallest absolute Gasteiger partial charge is 0.226 e. The zero-order valence-electron chi connectivity index (χ0n) is 12.8. The van der Waals surface area contributed by atoms with E-state index >= 15 is 0 Å². The predicted molar refractivity (Wildman–Crippen MR) is 95.7 cm³/mol. The summed E-state index contributed by atoms with van der Waals surface area (Å²) in [4.78, 5) is 16.3. The molecule has 3 rings (SSSR count). The molecule has 1 amide bonds. The summed E-state index contributed by atoms with van der Waals surface area (Å²) in [6.07, 6.45) is 0.348. The Morgan fingerprint density at radius 2 is 1.83 bits per heavy atom. The van der Waals surface area contributed by atoms with Gasteiger partial charge in [-0.15, -0.1) is 11.3 Å². The minimum atomic E-state index is -0.267. The first-order valence-electron chi connectivity index (χ1n) is 7.51. The monoisotopic (exact) mass is 341 g/mol. The van der Waals surface area contributed by atoms with Crippen molar-refractivity contribution in [3.05, 3.63) is 65.8 Å². The third-order valence-corrected chi connectivity index (χ3v) is 4.13. The fourth-order valence-electron chi connectivity index (χ4n) is 2.14. The molecule has 4 nitrogen and oxygen atoms in total. The lowest BCUT2D eigenvalue weighted by molar-refractivity contribution is -0.115. The second-order valence-electron chi connectivity index (χ2n) is 5.14. The number of nitrogens with one attached hydrogen (secondary N) is 2. The van der Waals surface area contributed by atoms with Crippen LogP contribution in [0.2, 0.25) is 0 Å². The zero-order valence-corrected chi connectivity index (χ0v) is 13.6. The van der Waals surface area contributed by atoms with Crippen molar-refractivity contribution in [1.29, 1.82) is 0 Å². The molecule has 24 heavy (non-hydrogen) atoms. The van der Waals surface area contributed by atoms with Crippen molar-refractivity contribution in [2.45, 2.75) is 6.42 Å². The molecule has 0 saturated carbocycles. The van der Waals surface area contributed by atoms with Gasteiger partial charge in [0.2, 0.25) is 5.91 Å². The first-order valence-corrected chi connectivity index (χ1v) is 8.39. The summed E-state index contributed by atoms with van der Waals surface area (Å²) in [5, 5.41) is 8.61. The first kappa shape index (κ1) is 16.1. The number of amides is 1. The Labute approximate surface area is 143 Å². The normalized spacial score (nSPS) is 10.4. The van der Waals surface area contributed by atoms with Crippen LogP contribution in [0.1, 0.15) is 6.42 Å². The third-order valence-electron chi connectivity index (χ3n) is 3.33. The van der Waals surface area contributed by atoms with Crippen LogP contribution < -0.4 is 10.6 Å². The van der Waals surface area contributed by atoms with Gasteiger partial charge in [-0.3, -0.25) is 4.79 Å². The number of nitrogens with zero attached hydrogens (tertiary/aromatic N) is 1. The number of carbonyl (C=O) groups excluding carboxylic acids is 1. The summed E-state index contributed by atoms with van der Waals surface area (Å²) in [5.74, 6) is -0.319. The van der Waals surface area contributed by atoms with E-state index in [9.17, 15) is 9.18 Å². The van der Waals surface area contributed by atoms with E-state index < -0.39 is 0 Å². The number of para-hydroxylation sites is 1. The van der Waals surface area contributed by atoms with Crippen LogP contribution in [0.25, 0.3) is 11.3 Å². The van der Waals surface area contributed by atoms with E-state index in [0.29, 0.717) is 13.0 Å². The van der Waals surface area contributed by atoms with Crippen LogP contribution in [-0.2, 0) is 4.79 Å². The summed E-state index contributed by atoms with van der Waals surface area (Å²) in [7, 11) is 0. The fourth-order valence-corrected chi connectivity index (χ4v) is 2.88. The van der Waals surface area contributed by atoms with E-state index in [-0.39, 0.29) is 11.7 Å². The maximum Gasteiger partial charge on any atom is 0.226 e. The van der Waals surface area contributed by atoms with E-state index in [1.54, 1.807) is 12.1 Å². The Bertz CT molecular complexity index is 803. The highest BCUT2D eigenvalue weighted by Crippen LogP contribution is 2.24. The highest BCUT2D eigenvalue weighted by Gasteiger charge is 2.06. The van der Waals surface area contributed by atoms with Gasteiger partial charge in [-0.05, 0) is 36.4 Å². The molecule has 0 aliphatic heterocycles. The maximum atomic E-state index is 12.9. The molecule has 0 bridgehead atoms. The molecule has 3 aromatic rings. The lowest BCUT2D eigenvalue weighted by Gasteiger charge is -2.05. The van der Waals surface area contributed by atoms with E-state index in [2.05, 4.69) is 15.6 Å². The molecule has 0 aliphatic carbocycles. The van der Waals surface area contributed by atoms with Gasteiger partial charge in [0.15, 0.2) is 5.13 Å². The third kappa shape index (κ3) is 4.39. The Hall–Kier alpha value is -2.73. The van der Waals surface area contributed by atoms with Crippen molar-refractivity contribution in [3.63, 3.8) is 0 Å². The molecule has 0 atom stereocenters. The zero-order chi connectivity index (χ0) is 16.8. The molecule has 0 radical (unpaired) electrons. The summed E-state index contributed by atoms with van der Waals surface area (Å²) in [5.41, 5.74) is 2.44. The Morgan fingerprint density at radius 3 is 2.58 bits per heavy atom. The molecule has 0 fully saturated rings. The van der Waals surface area contributed by atoms with Crippen LogP contribution in [0, 0.1) is 5.82 Å². The second-order valence-corrected chi connectivity index (χ2v) is 5.99. The number of halogens is 1. The largest absolute Gasteiger partial charge is 0.361 e. The summed E-state index contributed by atoms with van der Waals surface area (Å²) < 4.78 is 12.9. The number of benzene rings is 2. The number of rotatable bonds is 6. The van der Waals surface area contributed by atoms with Gasteiger partial charge in [-0.1, -0.05) is 18.2 Å². The number of carbonyl (C=O) groups is 1. The van der Waals surface area contributed by atoms with Gasteiger partial charge in [0.1, 0.15) is 5.82 Å². The molecular formula is C18H16FN3OS. The van der Waals surface area contributed by atoms with Crippen LogP contribution >= 0.6 is 11.3 Å². The molecule has 0 unspecified atom stereocenters. The average molecular weight is 341 g/mol. The molecular weight excluding hydrogens is 325 g/mol. The van der Waals surface area contributed by atoms with E-state index in [4.69, 9.17) is 0 Å². The predicted octanol–water partition coefficient (Wildman–Crippen LogP) is 4.39. The SMILES string of the molecule is O=C(CCNc1nc(-c2ccc(F)cc2)cs1)Nc1ccccc1.